The maximum Gasteiger partial charge on any atom is 0.222 e. The van der Waals surface area contributed by atoms with Gasteiger partial charge in [-0.2, -0.15) is 0 Å². The molecule has 1 aliphatic heterocycles. The maximum atomic E-state index is 11.7. The Morgan fingerprint density at radius 1 is 1.24 bits per heavy atom. The zero-order valence-corrected chi connectivity index (χ0v) is 12.9. The predicted molar refractivity (Wildman–Crippen MR) is 84.6 cm³/mol. The van der Waals surface area contributed by atoms with Gasteiger partial charge in [-0.1, -0.05) is 18.5 Å². The number of nitrogens with zero attached hydrogens (tertiary/aromatic N) is 2. The molecule has 3 rings (SSSR count). The maximum absolute atomic E-state index is 11.7. The molecule has 0 radical (unpaired) electrons. The lowest BCUT2D eigenvalue weighted by atomic mass is 10.1. The highest BCUT2D eigenvalue weighted by Crippen LogP contribution is 2.26. The van der Waals surface area contributed by atoms with E-state index < -0.39 is 0 Å². The Morgan fingerprint density at radius 2 is 2.00 bits per heavy atom. The van der Waals surface area contributed by atoms with E-state index in [1.54, 1.807) is 0 Å². The van der Waals surface area contributed by atoms with E-state index in [-0.39, 0.29) is 5.91 Å². The normalized spacial score (nSPS) is 15.5. The molecule has 21 heavy (non-hydrogen) atoms. The van der Waals surface area contributed by atoms with Crippen LogP contribution in [0.25, 0.3) is 10.9 Å². The molecule has 1 amide bonds. The summed E-state index contributed by atoms with van der Waals surface area (Å²) in [5.74, 6) is 0.243. The van der Waals surface area contributed by atoms with E-state index in [9.17, 15) is 4.79 Å². The van der Waals surface area contributed by atoms with Crippen LogP contribution in [0.15, 0.2) is 30.5 Å². The van der Waals surface area contributed by atoms with E-state index in [2.05, 4.69) is 16.0 Å². The molecule has 2 aromatic rings. The summed E-state index contributed by atoms with van der Waals surface area (Å²) >= 11 is 6.05. The number of hydrogen-bond donors (Lipinski definition) is 0. The molecule has 2 heterocycles. The second-order valence-electron chi connectivity index (χ2n) is 5.27. The third-order valence-corrected chi connectivity index (χ3v) is 4.25. The zero-order valence-electron chi connectivity index (χ0n) is 12.1. The molecule has 0 aliphatic carbocycles. The number of rotatable bonds is 2. The summed E-state index contributed by atoms with van der Waals surface area (Å²) < 4.78 is 0. The third kappa shape index (κ3) is 2.81. The van der Waals surface area contributed by atoms with Crippen molar-refractivity contribution in [2.45, 2.75) is 13.3 Å². The topological polar surface area (TPSA) is 37.7 Å². The first-order chi connectivity index (χ1) is 10.2. The van der Waals surface area contributed by atoms with Crippen molar-refractivity contribution in [3.05, 3.63) is 35.5 Å². The van der Waals surface area contributed by atoms with E-state index in [0.29, 0.717) is 6.42 Å². The molecule has 1 N–H and O–H groups in total. The molecule has 110 valence electrons. The first-order valence-electron chi connectivity index (χ1n) is 7.31. The Morgan fingerprint density at radius 3 is 2.71 bits per heavy atom. The van der Waals surface area contributed by atoms with Crippen molar-refractivity contribution in [3.63, 3.8) is 0 Å². The van der Waals surface area contributed by atoms with Crippen molar-refractivity contribution in [1.82, 2.24) is 4.90 Å². The minimum Gasteiger partial charge on any atom is -0.367 e. The fourth-order valence-corrected chi connectivity index (χ4v) is 3.03. The van der Waals surface area contributed by atoms with Gasteiger partial charge in [0.05, 0.1) is 11.1 Å². The Balaban J connectivity index is 1.84. The lowest BCUT2D eigenvalue weighted by molar-refractivity contribution is -0.344. The molecule has 5 heteroatoms. The van der Waals surface area contributed by atoms with Gasteiger partial charge in [0.1, 0.15) is 0 Å². The van der Waals surface area contributed by atoms with Crippen molar-refractivity contribution < 1.29 is 9.78 Å². The number of amides is 1. The number of carbonyl (C=O) groups excluding carboxylic acids is 1. The second-order valence-corrected chi connectivity index (χ2v) is 5.71. The van der Waals surface area contributed by atoms with Gasteiger partial charge in [0, 0.05) is 49.8 Å². The smallest absolute Gasteiger partial charge is 0.222 e. The number of halogens is 1. The van der Waals surface area contributed by atoms with Crippen LogP contribution in [-0.2, 0) is 4.79 Å². The minimum absolute atomic E-state index is 0.243. The molecule has 0 unspecified atom stereocenters. The SMILES string of the molecule is CCC(=O)N1CCN(c2cc[nH+]c3cc(Cl)ccc23)CC1. The average Bonchev–Trinajstić information content (AvgIpc) is 2.53. The number of piperazine rings is 1. The van der Waals surface area contributed by atoms with Crippen LogP contribution in [0.2, 0.25) is 5.02 Å². The molecule has 0 spiro atoms. The number of nitrogens with one attached hydrogen (secondary N) is 1. The summed E-state index contributed by atoms with van der Waals surface area (Å²) in [6.45, 7) is 5.24. The Kier molecular flexibility index (Phi) is 3.97. The molecule has 1 fully saturated rings. The summed E-state index contributed by atoms with van der Waals surface area (Å²) in [6.07, 6.45) is 2.53. The first-order valence-corrected chi connectivity index (χ1v) is 7.69. The summed E-state index contributed by atoms with van der Waals surface area (Å²) in [5, 5.41) is 1.89. The van der Waals surface area contributed by atoms with Crippen LogP contribution in [0.1, 0.15) is 13.3 Å². The van der Waals surface area contributed by atoms with Crippen LogP contribution < -0.4 is 9.88 Å². The summed E-state index contributed by atoms with van der Waals surface area (Å²) in [7, 11) is 0. The van der Waals surface area contributed by atoms with Crippen LogP contribution in [0.4, 0.5) is 5.69 Å². The first kappa shape index (κ1) is 14.1. The second kappa shape index (κ2) is 5.90. The number of fused-ring (bicyclic) bond motifs is 1. The van der Waals surface area contributed by atoms with Crippen molar-refractivity contribution in [1.29, 1.82) is 0 Å². The summed E-state index contributed by atoms with van der Waals surface area (Å²) in [4.78, 5) is 19.3. The van der Waals surface area contributed by atoms with Gasteiger partial charge in [-0.25, -0.2) is 4.98 Å². The molecule has 1 saturated heterocycles. The fraction of sp³-hybridized carbons (Fsp3) is 0.375. The van der Waals surface area contributed by atoms with Crippen LogP contribution in [0.5, 0.6) is 0 Å². The van der Waals surface area contributed by atoms with Gasteiger partial charge in [-0.05, 0) is 12.1 Å². The summed E-state index contributed by atoms with van der Waals surface area (Å²) in [6, 6.07) is 8.00. The predicted octanol–water partition coefficient (Wildman–Crippen LogP) is 2.37. The minimum atomic E-state index is 0.243. The monoisotopic (exact) mass is 304 g/mol. The molecule has 1 aliphatic rings. The highest BCUT2D eigenvalue weighted by Gasteiger charge is 2.22. The molecule has 0 saturated carbocycles. The third-order valence-electron chi connectivity index (χ3n) is 4.01. The van der Waals surface area contributed by atoms with Gasteiger partial charge in [0.15, 0.2) is 6.20 Å². The van der Waals surface area contributed by atoms with Crippen molar-refractivity contribution in [2.75, 3.05) is 31.1 Å². The number of anilines is 1. The molecule has 4 nitrogen and oxygen atoms in total. The number of H-pyrrole nitrogens is 1. The van der Waals surface area contributed by atoms with Crippen LogP contribution in [0.3, 0.4) is 0 Å². The number of carbonyl (C=O) groups is 1. The van der Waals surface area contributed by atoms with Gasteiger partial charge in [-0.3, -0.25) is 4.79 Å². The van der Waals surface area contributed by atoms with Crippen molar-refractivity contribution in [3.8, 4) is 0 Å². The van der Waals surface area contributed by atoms with Crippen LogP contribution in [-0.4, -0.2) is 37.0 Å². The highest BCUT2D eigenvalue weighted by atomic mass is 35.5. The van der Waals surface area contributed by atoms with E-state index in [4.69, 9.17) is 11.6 Å². The van der Waals surface area contributed by atoms with E-state index >= 15 is 0 Å². The van der Waals surface area contributed by atoms with Gasteiger partial charge < -0.3 is 9.80 Å². The number of hydrogen-bond acceptors (Lipinski definition) is 2. The van der Waals surface area contributed by atoms with E-state index in [1.165, 1.54) is 5.69 Å². The van der Waals surface area contributed by atoms with Crippen molar-refractivity contribution in [2.24, 2.45) is 0 Å². The van der Waals surface area contributed by atoms with E-state index in [0.717, 1.165) is 42.1 Å². The quantitative estimate of drug-likeness (QED) is 0.854. The summed E-state index contributed by atoms with van der Waals surface area (Å²) in [5.41, 5.74) is 2.23. The van der Waals surface area contributed by atoms with Crippen LogP contribution >= 0.6 is 11.6 Å². The van der Waals surface area contributed by atoms with Gasteiger partial charge in [0.2, 0.25) is 11.4 Å². The van der Waals surface area contributed by atoms with Gasteiger partial charge in [-0.15, -0.1) is 0 Å². The molecule has 1 aromatic heterocycles. The highest BCUT2D eigenvalue weighted by molar-refractivity contribution is 6.31. The fourth-order valence-electron chi connectivity index (χ4n) is 2.86. The van der Waals surface area contributed by atoms with Gasteiger partial charge in [0.25, 0.3) is 0 Å². The largest absolute Gasteiger partial charge is 0.367 e. The number of aromatic amines is 1. The Bertz CT molecular complexity index is 666. The average molecular weight is 305 g/mol. The standard InChI is InChI=1S/C16H18ClN3O/c1-2-16(21)20-9-7-19(8-10-20)15-5-6-18-14-11-12(17)3-4-13(14)15/h3-6,11H,2,7-10H2,1H3/p+1. The molecule has 0 bridgehead atoms. The van der Waals surface area contributed by atoms with Gasteiger partial charge >= 0.3 is 0 Å². The molecule has 0 atom stereocenters. The number of pyridine rings is 1. The molecule has 1 aromatic carbocycles. The Labute approximate surface area is 129 Å². The molecular weight excluding hydrogens is 286 g/mol. The number of benzene rings is 1. The Hall–Kier alpha value is -1.81. The zero-order chi connectivity index (χ0) is 14.8. The van der Waals surface area contributed by atoms with E-state index in [1.807, 2.05) is 36.2 Å². The lowest BCUT2D eigenvalue weighted by Crippen LogP contribution is -2.48. The lowest BCUT2D eigenvalue weighted by Gasteiger charge is -2.36. The molecular formula is C16H19ClN3O+. The van der Waals surface area contributed by atoms with Crippen LogP contribution in [0, 0.1) is 0 Å². The van der Waals surface area contributed by atoms with Crippen molar-refractivity contribution >= 4 is 34.1 Å². The number of aromatic nitrogens is 1.